The lowest BCUT2D eigenvalue weighted by molar-refractivity contribution is -0.916. The summed E-state index contributed by atoms with van der Waals surface area (Å²) < 4.78 is 32.6. The Morgan fingerprint density at radius 1 is 1.17 bits per heavy atom. The van der Waals surface area contributed by atoms with Gasteiger partial charge in [-0.15, -0.1) is 0 Å². The Morgan fingerprint density at radius 2 is 1.83 bits per heavy atom. The van der Waals surface area contributed by atoms with Crippen LogP contribution in [0.3, 0.4) is 0 Å². The maximum Gasteiger partial charge on any atom is 0.251 e. The van der Waals surface area contributed by atoms with Crippen LogP contribution in [-0.4, -0.2) is 71.1 Å². The third-order valence-electron chi connectivity index (χ3n) is 6.52. The molecule has 1 saturated carbocycles. The summed E-state index contributed by atoms with van der Waals surface area (Å²) in [7, 11) is 0.676. The van der Waals surface area contributed by atoms with Gasteiger partial charge in [0, 0.05) is 31.5 Å². The van der Waals surface area contributed by atoms with E-state index >= 15 is 0 Å². The molecule has 1 aromatic rings. The number of hydrogen-bond donors (Lipinski definition) is 2. The summed E-state index contributed by atoms with van der Waals surface area (Å²) in [4.78, 5) is 14.5. The smallest absolute Gasteiger partial charge is 0.251 e. The molecule has 1 aliphatic carbocycles. The summed E-state index contributed by atoms with van der Waals surface area (Å²) in [5, 5.41) is 3.10. The minimum absolute atomic E-state index is 0.0549. The van der Waals surface area contributed by atoms with Crippen molar-refractivity contribution in [2.45, 2.75) is 49.5 Å². The van der Waals surface area contributed by atoms with Gasteiger partial charge in [0.2, 0.25) is 10.0 Å². The number of aryl methyl sites for hydroxylation is 1. The first-order valence-corrected chi connectivity index (χ1v) is 12.0. The fourth-order valence-electron chi connectivity index (χ4n) is 4.37. The number of hydrogen-bond acceptors (Lipinski definition) is 4. The fraction of sp³-hybridized carbons (Fsp3) is 0.667. The summed E-state index contributed by atoms with van der Waals surface area (Å²) in [5.41, 5.74) is 1.26. The highest BCUT2D eigenvalue weighted by atomic mass is 32.2. The summed E-state index contributed by atoms with van der Waals surface area (Å²) in [6.45, 7) is 3.92. The van der Waals surface area contributed by atoms with E-state index in [0.717, 1.165) is 18.4 Å². The second-order valence-electron chi connectivity index (χ2n) is 8.52. The SMILES string of the molecule is Cc1ccc(S(=O)(=O)N2CCOCC2)cc1C(=O)NCC1([NH+](C)C)CCCCC1. The molecule has 0 bridgehead atoms. The molecular formula is C21H34N3O4S+. The zero-order valence-corrected chi connectivity index (χ0v) is 18.6. The van der Waals surface area contributed by atoms with E-state index in [0.29, 0.717) is 38.4 Å². The van der Waals surface area contributed by atoms with Gasteiger partial charge >= 0.3 is 0 Å². The molecule has 2 aliphatic rings. The Labute approximate surface area is 174 Å². The molecule has 0 spiro atoms. The van der Waals surface area contributed by atoms with Gasteiger partial charge in [-0.05, 0) is 37.5 Å². The van der Waals surface area contributed by atoms with E-state index in [1.165, 1.54) is 34.5 Å². The Bertz CT molecular complexity index is 826. The van der Waals surface area contributed by atoms with Crippen molar-refractivity contribution < 1.29 is 22.8 Å². The second-order valence-corrected chi connectivity index (χ2v) is 10.5. The van der Waals surface area contributed by atoms with Crippen LogP contribution in [0.2, 0.25) is 0 Å². The molecule has 0 radical (unpaired) electrons. The van der Waals surface area contributed by atoms with Gasteiger partial charge in [0.05, 0.1) is 38.7 Å². The zero-order chi connectivity index (χ0) is 21.1. The summed E-state index contributed by atoms with van der Waals surface area (Å²) in [6.07, 6.45) is 5.82. The van der Waals surface area contributed by atoms with Crippen LogP contribution >= 0.6 is 0 Å². The predicted octanol–water partition coefficient (Wildman–Crippen LogP) is 0.593. The van der Waals surface area contributed by atoms with Crippen LogP contribution in [0.5, 0.6) is 0 Å². The zero-order valence-electron chi connectivity index (χ0n) is 17.8. The van der Waals surface area contributed by atoms with Gasteiger partial charge < -0.3 is 15.0 Å². The normalized spacial score (nSPS) is 20.6. The van der Waals surface area contributed by atoms with E-state index < -0.39 is 10.0 Å². The summed E-state index contributed by atoms with van der Waals surface area (Å²) >= 11 is 0. The van der Waals surface area contributed by atoms with Crippen molar-refractivity contribution in [1.29, 1.82) is 0 Å². The number of sulfonamides is 1. The molecule has 8 heteroatoms. The average molecular weight is 425 g/mol. The third-order valence-corrected chi connectivity index (χ3v) is 8.41. The van der Waals surface area contributed by atoms with E-state index in [4.69, 9.17) is 4.74 Å². The number of benzene rings is 1. The predicted molar refractivity (Wildman–Crippen MR) is 112 cm³/mol. The Balaban J connectivity index is 1.77. The molecule has 0 atom stereocenters. The maximum absolute atomic E-state index is 13.0. The van der Waals surface area contributed by atoms with Gasteiger partial charge in [-0.1, -0.05) is 12.5 Å². The molecule has 1 saturated heterocycles. The van der Waals surface area contributed by atoms with Crippen molar-refractivity contribution in [3.8, 4) is 0 Å². The molecule has 1 aliphatic heterocycles. The molecular weight excluding hydrogens is 390 g/mol. The van der Waals surface area contributed by atoms with Gasteiger partial charge in [-0.2, -0.15) is 4.31 Å². The molecule has 7 nitrogen and oxygen atoms in total. The summed E-state index contributed by atoms with van der Waals surface area (Å²) in [6, 6.07) is 4.82. The lowest BCUT2D eigenvalue weighted by Gasteiger charge is -2.39. The Hall–Kier alpha value is -1.48. The molecule has 2 fully saturated rings. The van der Waals surface area contributed by atoms with Gasteiger partial charge in [-0.25, -0.2) is 8.42 Å². The van der Waals surface area contributed by atoms with Crippen molar-refractivity contribution in [3.63, 3.8) is 0 Å². The molecule has 162 valence electrons. The highest BCUT2D eigenvalue weighted by molar-refractivity contribution is 7.89. The van der Waals surface area contributed by atoms with Gasteiger partial charge in [0.15, 0.2) is 0 Å². The van der Waals surface area contributed by atoms with E-state index in [-0.39, 0.29) is 16.3 Å². The van der Waals surface area contributed by atoms with Crippen molar-refractivity contribution in [1.82, 2.24) is 9.62 Å². The monoisotopic (exact) mass is 424 g/mol. The first-order valence-electron chi connectivity index (χ1n) is 10.5. The average Bonchev–Trinajstić information content (AvgIpc) is 2.73. The maximum atomic E-state index is 13.0. The number of carbonyl (C=O) groups excluding carboxylic acids is 1. The van der Waals surface area contributed by atoms with Crippen LogP contribution in [-0.2, 0) is 14.8 Å². The molecule has 29 heavy (non-hydrogen) atoms. The highest BCUT2D eigenvalue weighted by Gasteiger charge is 2.38. The first-order chi connectivity index (χ1) is 13.8. The topological polar surface area (TPSA) is 80.1 Å². The highest BCUT2D eigenvalue weighted by Crippen LogP contribution is 2.25. The number of rotatable bonds is 6. The number of amides is 1. The number of morpholine rings is 1. The number of ether oxygens (including phenoxy) is 1. The number of nitrogens with one attached hydrogen (secondary N) is 2. The van der Waals surface area contributed by atoms with Crippen LogP contribution < -0.4 is 10.2 Å². The third kappa shape index (κ3) is 4.82. The van der Waals surface area contributed by atoms with E-state index in [1.807, 2.05) is 6.92 Å². The Morgan fingerprint density at radius 3 is 2.45 bits per heavy atom. The largest absolute Gasteiger partial charge is 0.379 e. The molecule has 3 rings (SSSR count). The van der Waals surface area contributed by atoms with Crippen molar-refractivity contribution in [3.05, 3.63) is 29.3 Å². The molecule has 1 amide bonds. The Kier molecular flexibility index (Phi) is 6.98. The standard InChI is InChI=1S/C21H33N3O4S/c1-17-7-8-18(29(26,27)24-11-13-28-14-12-24)15-19(17)20(25)22-16-21(23(2)3)9-5-4-6-10-21/h7-8,15H,4-6,9-14,16H2,1-3H3,(H,22,25)/p+1. The van der Waals surface area contributed by atoms with Crippen LogP contribution in [0.1, 0.15) is 48.0 Å². The van der Waals surface area contributed by atoms with Gasteiger partial charge in [0.1, 0.15) is 5.54 Å². The second kappa shape index (κ2) is 9.12. The molecule has 1 aromatic carbocycles. The van der Waals surface area contributed by atoms with Crippen LogP contribution in [0.25, 0.3) is 0 Å². The lowest BCUT2D eigenvalue weighted by Crippen LogP contribution is -3.16. The van der Waals surface area contributed by atoms with E-state index in [1.54, 1.807) is 12.1 Å². The quantitative estimate of drug-likeness (QED) is 0.701. The van der Waals surface area contributed by atoms with Crippen LogP contribution in [0.15, 0.2) is 23.1 Å². The van der Waals surface area contributed by atoms with Crippen LogP contribution in [0.4, 0.5) is 0 Å². The molecule has 0 unspecified atom stereocenters. The first kappa shape index (κ1) is 22.2. The van der Waals surface area contributed by atoms with Crippen molar-refractivity contribution in [2.75, 3.05) is 46.9 Å². The van der Waals surface area contributed by atoms with Crippen molar-refractivity contribution >= 4 is 15.9 Å². The number of quaternary nitrogens is 1. The number of likely N-dealkylation sites (N-methyl/N-ethyl adjacent to an activating group) is 1. The number of nitrogens with zero attached hydrogens (tertiary/aromatic N) is 1. The number of carbonyl (C=O) groups is 1. The minimum atomic E-state index is -3.63. The van der Waals surface area contributed by atoms with Gasteiger partial charge in [-0.3, -0.25) is 4.79 Å². The van der Waals surface area contributed by atoms with E-state index in [2.05, 4.69) is 19.4 Å². The van der Waals surface area contributed by atoms with E-state index in [9.17, 15) is 13.2 Å². The molecule has 1 heterocycles. The summed E-state index contributed by atoms with van der Waals surface area (Å²) in [5.74, 6) is -0.201. The van der Waals surface area contributed by atoms with Gasteiger partial charge in [0.25, 0.3) is 5.91 Å². The molecule has 2 N–H and O–H groups in total. The van der Waals surface area contributed by atoms with Crippen LogP contribution in [0, 0.1) is 6.92 Å². The lowest BCUT2D eigenvalue weighted by atomic mass is 9.80. The minimum Gasteiger partial charge on any atom is -0.379 e. The fourth-order valence-corrected chi connectivity index (χ4v) is 5.80. The molecule has 0 aromatic heterocycles. The van der Waals surface area contributed by atoms with Crippen molar-refractivity contribution in [2.24, 2.45) is 0 Å².